The van der Waals surface area contributed by atoms with Gasteiger partial charge in [-0.15, -0.1) is 0 Å². The highest BCUT2D eigenvalue weighted by Crippen LogP contribution is 2.30. The van der Waals surface area contributed by atoms with Gasteiger partial charge in [0.2, 0.25) is 0 Å². The summed E-state index contributed by atoms with van der Waals surface area (Å²) < 4.78 is 5.47. The zero-order valence-electron chi connectivity index (χ0n) is 13.2. The van der Waals surface area contributed by atoms with Crippen molar-refractivity contribution in [3.63, 3.8) is 0 Å². The summed E-state index contributed by atoms with van der Waals surface area (Å²) >= 11 is 0. The number of carbonyl (C=O) groups excluding carboxylic acids is 1. The second-order valence-electron chi connectivity index (χ2n) is 6.36. The Labute approximate surface area is 135 Å². The van der Waals surface area contributed by atoms with Crippen LogP contribution in [0.2, 0.25) is 0 Å². The van der Waals surface area contributed by atoms with Crippen LogP contribution in [-0.2, 0) is 22.4 Å². The van der Waals surface area contributed by atoms with Crippen molar-refractivity contribution in [3.8, 4) is 0 Å². The van der Waals surface area contributed by atoms with Gasteiger partial charge in [0.1, 0.15) is 0 Å². The molecular weight excluding hydrogens is 292 g/mol. The van der Waals surface area contributed by atoms with Crippen molar-refractivity contribution >= 4 is 16.8 Å². The van der Waals surface area contributed by atoms with E-state index < -0.39 is 0 Å². The zero-order chi connectivity index (χ0) is 15.6. The Hall–Kier alpha value is -1.85. The molecule has 1 fully saturated rings. The Morgan fingerprint density at radius 2 is 2.13 bits per heavy atom. The second-order valence-corrected chi connectivity index (χ2v) is 6.36. The molecule has 23 heavy (non-hydrogen) atoms. The molecule has 1 amide bonds. The average molecular weight is 314 g/mol. The Balaban J connectivity index is 1.55. The van der Waals surface area contributed by atoms with Gasteiger partial charge in [-0.3, -0.25) is 4.79 Å². The summed E-state index contributed by atoms with van der Waals surface area (Å²) in [4.78, 5) is 21.4. The lowest BCUT2D eigenvalue weighted by Crippen LogP contribution is -2.33. The fourth-order valence-electron chi connectivity index (χ4n) is 3.60. The first kappa shape index (κ1) is 14.7. The van der Waals surface area contributed by atoms with Crippen LogP contribution in [0.4, 0.5) is 0 Å². The molecule has 2 N–H and O–H groups in total. The van der Waals surface area contributed by atoms with Gasteiger partial charge in [0, 0.05) is 24.1 Å². The summed E-state index contributed by atoms with van der Waals surface area (Å²) in [6, 6.07) is 5.87. The minimum Gasteiger partial charge on any atom is -0.358 e. The molecule has 5 heteroatoms. The van der Waals surface area contributed by atoms with E-state index in [9.17, 15) is 4.79 Å². The number of hydroxylamine groups is 1. The van der Waals surface area contributed by atoms with Gasteiger partial charge < -0.3 is 9.72 Å². The van der Waals surface area contributed by atoms with Crippen LogP contribution in [0.15, 0.2) is 18.2 Å². The van der Waals surface area contributed by atoms with Gasteiger partial charge in [-0.25, -0.2) is 10.3 Å². The lowest BCUT2D eigenvalue weighted by atomic mass is 9.95. The Kier molecular flexibility index (Phi) is 4.06. The summed E-state index contributed by atoms with van der Waals surface area (Å²) in [6.07, 6.45) is 7.21. The van der Waals surface area contributed by atoms with Gasteiger partial charge in [0.15, 0.2) is 6.29 Å². The minimum absolute atomic E-state index is 0.219. The summed E-state index contributed by atoms with van der Waals surface area (Å²) in [5.74, 6) is -0.219. The topological polar surface area (TPSA) is 63.4 Å². The molecule has 0 saturated carbocycles. The van der Waals surface area contributed by atoms with Crippen LogP contribution in [0.1, 0.15) is 53.7 Å². The van der Waals surface area contributed by atoms with Crippen molar-refractivity contribution in [1.82, 2.24) is 10.5 Å². The summed E-state index contributed by atoms with van der Waals surface area (Å²) in [6.45, 7) is 0.694. The molecule has 1 saturated heterocycles. The summed E-state index contributed by atoms with van der Waals surface area (Å²) in [5.41, 5.74) is 6.76. The van der Waals surface area contributed by atoms with Crippen molar-refractivity contribution in [2.75, 3.05) is 6.61 Å². The van der Waals surface area contributed by atoms with E-state index in [1.165, 1.54) is 29.5 Å². The number of ether oxygens (including phenoxy) is 1. The fourth-order valence-corrected chi connectivity index (χ4v) is 3.60. The number of fused-ring (bicyclic) bond motifs is 3. The largest absolute Gasteiger partial charge is 0.358 e. The van der Waals surface area contributed by atoms with Crippen molar-refractivity contribution in [1.29, 1.82) is 0 Å². The molecule has 1 aromatic carbocycles. The molecule has 1 aliphatic heterocycles. The molecule has 1 atom stereocenters. The number of carbonyl (C=O) groups is 1. The first-order chi connectivity index (χ1) is 11.3. The lowest BCUT2D eigenvalue weighted by molar-refractivity contribution is -0.186. The minimum atomic E-state index is -0.330. The maximum Gasteiger partial charge on any atom is 0.277 e. The predicted molar refractivity (Wildman–Crippen MR) is 87.1 cm³/mol. The molecule has 2 aromatic rings. The number of H-pyrrole nitrogens is 1. The van der Waals surface area contributed by atoms with E-state index in [1.54, 1.807) is 0 Å². The standard InChI is InChI=1S/C18H22N2O3/c21-18(20-23-16-10-3-4-11-22-16)14-8-5-7-13-12-6-1-2-9-15(12)19-17(13)14/h5,7-8,16,19H,1-4,6,9-11H2,(H,20,21)/t16-/m0/s1. The van der Waals surface area contributed by atoms with Crippen LogP contribution >= 0.6 is 0 Å². The fraction of sp³-hybridized carbons (Fsp3) is 0.500. The molecule has 122 valence electrons. The molecular formula is C18H22N2O3. The van der Waals surface area contributed by atoms with E-state index in [-0.39, 0.29) is 12.2 Å². The van der Waals surface area contributed by atoms with Crippen LogP contribution in [0.5, 0.6) is 0 Å². The van der Waals surface area contributed by atoms with E-state index in [0.29, 0.717) is 12.2 Å². The van der Waals surface area contributed by atoms with Crippen molar-refractivity contribution < 1.29 is 14.4 Å². The van der Waals surface area contributed by atoms with Gasteiger partial charge >= 0.3 is 0 Å². The first-order valence-corrected chi connectivity index (χ1v) is 8.53. The van der Waals surface area contributed by atoms with Crippen LogP contribution in [0, 0.1) is 0 Å². The molecule has 0 bridgehead atoms. The highest BCUT2D eigenvalue weighted by molar-refractivity contribution is 6.06. The van der Waals surface area contributed by atoms with E-state index in [0.717, 1.165) is 37.6 Å². The van der Waals surface area contributed by atoms with Crippen LogP contribution < -0.4 is 5.48 Å². The van der Waals surface area contributed by atoms with Crippen LogP contribution in [0.25, 0.3) is 10.9 Å². The molecule has 2 heterocycles. The monoisotopic (exact) mass is 314 g/mol. The van der Waals surface area contributed by atoms with Gasteiger partial charge in [-0.2, -0.15) is 0 Å². The molecule has 1 aromatic heterocycles. The number of nitrogens with one attached hydrogen (secondary N) is 2. The Morgan fingerprint density at radius 3 is 3.00 bits per heavy atom. The maximum absolute atomic E-state index is 12.5. The van der Waals surface area contributed by atoms with E-state index in [1.807, 2.05) is 12.1 Å². The molecule has 4 rings (SSSR count). The number of hydrogen-bond donors (Lipinski definition) is 2. The summed E-state index contributed by atoms with van der Waals surface area (Å²) in [7, 11) is 0. The first-order valence-electron chi connectivity index (χ1n) is 8.53. The molecule has 0 spiro atoms. The lowest BCUT2D eigenvalue weighted by Gasteiger charge is -2.22. The van der Waals surface area contributed by atoms with Crippen molar-refractivity contribution in [2.24, 2.45) is 0 Å². The maximum atomic E-state index is 12.5. The van der Waals surface area contributed by atoms with Crippen molar-refractivity contribution in [3.05, 3.63) is 35.0 Å². The molecule has 0 radical (unpaired) electrons. The number of para-hydroxylation sites is 1. The zero-order valence-corrected chi connectivity index (χ0v) is 13.2. The van der Waals surface area contributed by atoms with E-state index >= 15 is 0 Å². The van der Waals surface area contributed by atoms with Crippen LogP contribution in [-0.4, -0.2) is 23.8 Å². The van der Waals surface area contributed by atoms with Gasteiger partial charge in [0.05, 0.1) is 11.1 Å². The number of amides is 1. The number of benzene rings is 1. The number of aryl methyl sites for hydroxylation is 2. The smallest absolute Gasteiger partial charge is 0.277 e. The predicted octanol–water partition coefficient (Wildman–Crippen LogP) is 3.23. The normalized spacial score (nSPS) is 21.1. The number of aromatic nitrogens is 1. The third kappa shape index (κ3) is 2.86. The average Bonchev–Trinajstić information content (AvgIpc) is 2.99. The summed E-state index contributed by atoms with van der Waals surface area (Å²) in [5, 5.41) is 1.17. The molecule has 2 aliphatic rings. The van der Waals surface area contributed by atoms with E-state index in [2.05, 4.69) is 16.5 Å². The van der Waals surface area contributed by atoms with Gasteiger partial charge in [-0.05, 0) is 50.2 Å². The number of aromatic amines is 1. The number of rotatable bonds is 3. The third-order valence-electron chi connectivity index (χ3n) is 4.80. The highest BCUT2D eigenvalue weighted by atomic mass is 16.8. The second kappa shape index (κ2) is 6.34. The highest BCUT2D eigenvalue weighted by Gasteiger charge is 2.21. The van der Waals surface area contributed by atoms with Crippen LogP contribution in [0.3, 0.4) is 0 Å². The Morgan fingerprint density at radius 1 is 1.22 bits per heavy atom. The molecule has 5 nitrogen and oxygen atoms in total. The van der Waals surface area contributed by atoms with Gasteiger partial charge in [-0.1, -0.05) is 12.1 Å². The quantitative estimate of drug-likeness (QED) is 0.855. The third-order valence-corrected chi connectivity index (χ3v) is 4.80. The SMILES string of the molecule is O=C(NO[C@H]1CCCCO1)c1cccc2c3c([nH]c12)CCCC3. The number of hydrogen-bond acceptors (Lipinski definition) is 3. The van der Waals surface area contributed by atoms with Crippen molar-refractivity contribution in [2.45, 2.75) is 51.2 Å². The Bertz CT molecular complexity index is 716. The molecule has 1 aliphatic carbocycles. The van der Waals surface area contributed by atoms with Gasteiger partial charge in [0.25, 0.3) is 5.91 Å². The molecule has 0 unspecified atom stereocenters. The van der Waals surface area contributed by atoms with E-state index in [4.69, 9.17) is 9.57 Å².